The number of nitrogens with zero attached hydrogens (tertiary/aromatic N) is 5. The third-order valence-corrected chi connectivity index (χ3v) is 5.57. The Balaban J connectivity index is 1.60. The molecule has 3 aromatic heterocycles. The molecule has 9 heteroatoms. The lowest BCUT2D eigenvalue weighted by Crippen LogP contribution is -2.48. The van der Waals surface area contributed by atoms with Crippen LogP contribution in [0.3, 0.4) is 0 Å². The number of fused-ring (bicyclic) bond motifs is 2. The zero-order valence-electron chi connectivity index (χ0n) is 16.3. The molecule has 0 aliphatic carbocycles. The number of benzene rings is 1. The highest BCUT2D eigenvalue weighted by Gasteiger charge is 2.24. The van der Waals surface area contributed by atoms with E-state index in [1.54, 1.807) is 16.9 Å². The number of carbonyl (C=O) groups is 1. The van der Waals surface area contributed by atoms with Gasteiger partial charge < -0.3 is 15.5 Å². The number of para-hydroxylation sites is 1. The lowest BCUT2D eigenvalue weighted by molar-refractivity contribution is -0.120. The molecule has 0 radical (unpaired) electrons. The largest absolute Gasteiger partial charge is 0.363 e. The standard InChI is InChI=1S/C21H20ClN7O/c1-13(26-18-5-7-23-17-6-8-25-29(17)18)15-11-14-3-2-4-16(22)20(14)27-21(15)28-10-9-24-19(30)12-28/h2-8,11,13,26H,9-10,12H2,1H3,(H,24,30). The summed E-state index contributed by atoms with van der Waals surface area (Å²) in [5.41, 5.74) is 2.48. The van der Waals surface area contributed by atoms with E-state index in [4.69, 9.17) is 16.6 Å². The molecular weight excluding hydrogens is 402 g/mol. The number of hydrogen-bond donors (Lipinski definition) is 2. The summed E-state index contributed by atoms with van der Waals surface area (Å²) < 4.78 is 1.76. The van der Waals surface area contributed by atoms with Gasteiger partial charge in [0, 0.05) is 36.3 Å². The highest BCUT2D eigenvalue weighted by atomic mass is 35.5. The number of piperazine rings is 1. The fraction of sp³-hybridized carbons (Fsp3) is 0.238. The van der Waals surface area contributed by atoms with Crippen molar-refractivity contribution in [2.75, 3.05) is 29.9 Å². The SMILES string of the molecule is CC(Nc1ccnc2ccnn12)c1cc2cccc(Cl)c2nc1N1CCNC(=O)C1. The number of carbonyl (C=O) groups excluding carboxylic acids is 1. The molecule has 4 aromatic rings. The molecular formula is C21H20ClN7O. The van der Waals surface area contributed by atoms with E-state index >= 15 is 0 Å². The number of pyridine rings is 1. The Kier molecular flexibility index (Phi) is 4.63. The van der Waals surface area contributed by atoms with Gasteiger partial charge in [0.2, 0.25) is 5.91 Å². The van der Waals surface area contributed by atoms with Gasteiger partial charge in [0.15, 0.2) is 5.65 Å². The Morgan fingerprint density at radius 1 is 1.23 bits per heavy atom. The van der Waals surface area contributed by atoms with E-state index in [0.717, 1.165) is 33.7 Å². The van der Waals surface area contributed by atoms with Gasteiger partial charge in [-0.3, -0.25) is 4.79 Å². The van der Waals surface area contributed by atoms with E-state index in [9.17, 15) is 4.79 Å². The van der Waals surface area contributed by atoms with Crippen molar-refractivity contribution in [3.63, 3.8) is 0 Å². The predicted octanol–water partition coefficient (Wildman–Crippen LogP) is 3.04. The van der Waals surface area contributed by atoms with Crippen LogP contribution in [-0.2, 0) is 4.79 Å². The first-order valence-electron chi connectivity index (χ1n) is 9.76. The van der Waals surface area contributed by atoms with E-state index < -0.39 is 0 Å². The average Bonchev–Trinajstić information content (AvgIpc) is 3.23. The summed E-state index contributed by atoms with van der Waals surface area (Å²) in [6.45, 7) is 3.60. The second-order valence-corrected chi connectivity index (χ2v) is 7.69. The highest BCUT2D eigenvalue weighted by molar-refractivity contribution is 6.35. The molecule has 1 atom stereocenters. The molecule has 0 bridgehead atoms. The fourth-order valence-corrected chi connectivity index (χ4v) is 4.03. The Morgan fingerprint density at radius 3 is 3.00 bits per heavy atom. The van der Waals surface area contributed by atoms with E-state index in [0.29, 0.717) is 18.1 Å². The Labute approximate surface area is 177 Å². The Bertz CT molecular complexity index is 1250. The van der Waals surface area contributed by atoms with Crippen molar-refractivity contribution >= 4 is 45.7 Å². The molecule has 1 unspecified atom stereocenters. The highest BCUT2D eigenvalue weighted by Crippen LogP contribution is 2.33. The van der Waals surface area contributed by atoms with E-state index in [-0.39, 0.29) is 18.5 Å². The fourth-order valence-electron chi connectivity index (χ4n) is 3.80. The second-order valence-electron chi connectivity index (χ2n) is 7.28. The van der Waals surface area contributed by atoms with Crippen LogP contribution < -0.4 is 15.5 Å². The molecule has 4 heterocycles. The van der Waals surface area contributed by atoms with Gasteiger partial charge in [0.25, 0.3) is 0 Å². The number of anilines is 2. The molecule has 1 amide bonds. The minimum absolute atomic E-state index is 0.0127. The number of amides is 1. The molecule has 8 nitrogen and oxygen atoms in total. The topological polar surface area (TPSA) is 87.4 Å². The van der Waals surface area contributed by atoms with Crippen LogP contribution >= 0.6 is 11.6 Å². The molecule has 0 spiro atoms. The number of nitrogens with one attached hydrogen (secondary N) is 2. The van der Waals surface area contributed by atoms with Gasteiger partial charge in [-0.2, -0.15) is 9.61 Å². The summed E-state index contributed by atoms with van der Waals surface area (Å²) in [5.74, 6) is 1.57. The van der Waals surface area contributed by atoms with Crippen molar-refractivity contribution in [2.45, 2.75) is 13.0 Å². The molecule has 5 rings (SSSR count). The molecule has 152 valence electrons. The van der Waals surface area contributed by atoms with Crippen LogP contribution in [0.2, 0.25) is 5.02 Å². The van der Waals surface area contributed by atoms with E-state index in [1.807, 2.05) is 35.2 Å². The van der Waals surface area contributed by atoms with E-state index in [2.05, 4.69) is 33.7 Å². The molecule has 30 heavy (non-hydrogen) atoms. The van der Waals surface area contributed by atoms with Crippen molar-refractivity contribution in [3.05, 3.63) is 59.4 Å². The Hall–Kier alpha value is -3.39. The van der Waals surface area contributed by atoms with Crippen LogP contribution in [0, 0.1) is 0 Å². The molecule has 1 aliphatic heterocycles. The lowest BCUT2D eigenvalue weighted by atomic mass is 10.0. The first-order chi connectivity index (χ1) is 14.6. The van der Waals surface area contributed by atoms with Gasteiger partial charge in [-0.1, -0.05) is 23.7 Å². The summed E-state index contributed by atoms with van der Waals surface area (Å²) in [5, 5.41) is 12.3. The first-order valence-corrected chi connectivity index (χ1v) is 10.1. The maximum absolute atomic E-state index is 12.0. The first kappa shape index (κ1) is 18.6. The third kappa shape index (κ3) is 3.29. The van der Waals surface area contributed by atoms with Gasteiger partial charge in [-0.05, 0) is 25.1 Å². The molecule has 0 saturated carbocycles. The van der Waals surface area contributed by atoms with E-state index in [1.165, 1.54) is 0 Å². The van der Waals surface area contributed by atoms with Crippen molar-refractivity contribution in [2.24, 2.45) is 0 Å². The van der Waals surface area contributed by atoms with Gasteiger partial charge in [-0.25, -0.2) is 9.97 Å². The van der Waals surface area contributed by atoms with Gasteiger partial charge in [0.1, 0.15) is 11.6 Å². The van der Waals surface area contributed by atoms with Gasteiger partial charge in [-0.15, -0.1) is 0 Å². The Morgan fingerprint density at radius 2 is 2.13 bits per heavy atom. The van der Waals surface area contributed by atoms with Gasteiger partial charge in [0.05, 0.1) is 29.3 Å². The predicted molar refractivity (Wildman–Crippen MR) is 117 cm³/mol. The molecule has 2 N–H and O–H groups in total. The van der Waals surface area contributed by atoms with Crippen molar-refractivity contribution in [3.8, 4) is 0 Å². The summed E-state index contributed by atoms with van der Waals surface area (Å²) in [6.07, 6.45) is 3.47. The quantitative estimate of drug-likeness (QED) is 0.526. The van der Waals surface area contributed by atoms with Crippen LogP contribution in [0.1, 0.15) is 18.5 Å². The second kappa shape index (κ2) is 7.46. The average molecular weight is 422 g/mol. The van der Waals surface area contributed by atoms with Crippen LogP contribution in [-0.4, -0.2) is 45.1 Å². The summed E-state index contributed by atoms with van der Waals surface area (Å²) in [4.78, 5) is 23.2. The molecule has 1 aromatic carbocycles. The minimum Gasteiger partial charge on any atom is -0.363 e. The maximum atomic E-state index is 12.0. The lowest BCUT2D eigenvalue weighted by Gasteiger charge is -2.31. The molecule has 1 fully saturated rings. The van der Waals surface area contributed by atoms with Gasteiger partial charge >= 0.3 is 0 Å². The summed E-state index contributed by atoms with van der Waals surface area (Å²) in [7, 11) is 0. The minimum atomic E-state index is -0.101. The zero-order chi connectivity index (χ0) is 20.7. The number of halogens is 1. The summed E-state index contributed by atoms with van der Waals surface area (Å²) in [6, 6.07) is 11.5. The number of hydrogen-bond acceptors (Lipinski definition) is 6. The molecule has 1 aliphatic rings. The van der Waals surface area contributed by atoms with Crippen molar-refractivity contribution < 1.29 is 4.79 Å². The molecule has 1 saturated heterocycles. The smallest absolute Gasteiger partial charge is 0.239 e. The van der Waals surface area contributed by atoms with Crippen LogP contribution in [0.5, 0.6) is 0 Å². The van der Waals surface area contributed by atoms with Crippen molar-refractivity contribution in [1.29, 1.82) is 0 Å². The normalized spacial score (nSPS) is 15.4. The zero-order valence-corrected chi connectivity index (χ0v) is 17.1. The maximum Gasteiger partial charge on any atom is 0.239 e. The third-order valence-electron chi connectivity index (χ3n) is 5.26. The number of aromatic nitrogens is 4. The van der Waals surface area contributed by atoms with Crippen LogP contribution in [0.25, 0.3) is 16.6 Å². The van der Waals surface area contributed by atoms with Crippen molar-refractivity contribution in [1.82, 2.24) is 24.9 Å². The summed E-state index contributed by atoms with van der Waals surface area (Å²) >= 11 is 6.42. The van der Waals surface area contributed by atoms with Crippen LogP contribution in [0.4, 0.5) is 11.6 Å². The number of rotatable bonds is 4. The monoisotopic (exact) mass is 421 g/mol. The van der Waals surface area contributed by atoms with Crippen LogP contribution in [0.15, 0.2) is 48.8 Å².